The van der Waals surface area contributed by atoms with E-state index in [2.05, 4.69) is 6.58 Å². The maximum absolute atomic E-state index is 11.6. The molecule has 1 unspecified atom stereocenters. The number of hydrogen-bond acceptors (Lipinski definition) is 6. The molecule has 0 radical (unpaired) electrons. The largest absolute Gasteiger partial charge is 0.459 e. The van der Waals surface area contributed by atoms with Gasteiger partial charge in [0.25, 0.3) is 0 Å². The van der Waals surface area contributed by atoms with Crippen molar-refractivity contribution in [2.24, 2.45) is 0 Å². The molecular formula is C13H24O6S. The van der Waals surface area contributed by atoms with E-state index in [-0.39, 0.29) is 13.0 Å². The summed E-state index contributed by atoms with van der Waals surface area (Å²) in [6.07, 6.45) is 0.310. The second-order valence-corrected chi connectivity index (χ2v) is 6.43. The zero-order valence-corrected chi connectivity index (χ0v) is 13.6. The van der Waals surface area contributed by atoms with Crippen LogP contribution in [0.4, 0.5) is 0 Å². The smallest absolute Gasteiger partial charge is 0.400 e. The molecule has 0 aliphatic rings. The Morgan fingerprint density at radius 1 is 1.35 bits per heavy atom. The number of esters is 1. The molecule has 0 saturated heterocycles. The monoisotopic (exact) mass is 308 g/mol. The lowest BCUT2D eigenvalue weighted by molar-refractivity contribution is -0.143. The van der Waals surface area contributed by atoms with Crippen molar-refractivity contribution >= 4 is 16.4 Å². The number of carbonyl (C=O) groups excluding carboxylic acids is 1. The summed E-state index contributed by atoms with van der Waals surface area (Å²) in [5.41, 5.74) is -0.518. The highest BCUT2D eigenvalue weighted by atomic mass is 32.3. The summed E-state index contributed by atoms with van der Waals surface area (Å²) in [6.45, 7) is 11.7. The molecular weight excluding hydrogens is 284 g/mol. The van der Waals surface area contributed by atoms with Gasteiger partial charge in [-0.2, -0.15) is 8.42 Å². The average Bonchev–Trinajstić information content (AvgIpc) is 2.26. The molecule has 0 aromatic rings. The topological polar surface area (TPSA) is 78.9 Å². The van der Waals surface area contributed by atoms with Crippen LogP contribution in [0, 0.1) is 0 Å². The summed E-state index contributed by atoms with van der Waals surface area (Å²) in [5.74, 6) is -0.510. The van der Waals surface area contributed by atoms with Crippen molar-refractivity contribution in [2.45, 2.75) is 59.2 Å². The van der Waals surface area contributed by atoms with Gasteiger partial charge in [-0.1, -0.05) is 13.5 Å². The van der Waals surface area contributed by atoms with Crippen molar-refractivity contribution in [2.75, 3.05) is 6.61 Å². The standard InChI is InChI=1S/C13H24O6S/c1-7-13(5,6)19-20(15,16)17-9-8-11(4)18-12(14)10(2)3/h11H,2,7-9H2,1,3-6H3. The van der Waals surface area contributed by atoms with Crippen LogP contribution in [-0.2, 0) is 28.3 Å². The van der Waals surface area contributed by atoms with Crippen molar-refractivity contribution in [3.63, 3.8) is 0 Å². The zero-order valence-electron chi connectivity index (χ0n) is 12.8. The quantitative estimate of drug-likeness (QED) is 0.480. The molecule has 0 saturated carbocycles. The van der Waals surface area contributed by atoms with Gasteiger partial charge in [-0.25, -0.2) is 13.2 Å². The molecule has 0 heterocycles. The highest BCUT2D eigenvalue weighted by molar-refractivity contribution is 7.81. The first-order valence-corrected chi connectivity index (χ1v) is 7.79. The van der Waals surface area contributed by atoms with Gasteiger partial charge >= 0.3 is 16.4 Å². The van der Waals surface area contributed by atoms with E-state index in [1.54, 1.807) is 20.8 Å². The Labute approximate surface area is 121 Å². The fourth-order valence-electron chi connectivity index (χ4n) is 1.02. The molecule has 0 aliphatic carbocycles. The van der Waals surface area contributed by atoms with Crippen molar-refractivity contribution in [1.29, 1.82) is 0 Å². The first-order chi connectivity index (χ1) is 8.99. The van der Waals surface area contributed by atoms with E-state index in [9.17, 15) is 13.2 Å². The summed E-state index contributed by atoms with van der Waals surface area (Å²) >= 11 is 0. The predicted molar refractivity (Wildman–Crippen MR) is 75.3 cm³/mol. The third-order valence-electron chi connectivity index (χ3n) is 2.59. The lowest BCUT2D eigenvalue weighted by Crippen LogP contribution is -2.29. The fraction of sp³-hybridized carbons (Fsp3) is 0.769. The number of rotatable bonds is 9. The van der Waals surface area contributed by atoms with Gasteiger partial charge in [0.05, 0.1) is 12.2 Å². The zero-order chi connectivity index (χ0) is 16.0. The number of carbonyl (C=O) groups is 1. The molecule has 0 aromatic carbocycles. The van der Waals surface area contributed by atoms with Gasteiger partial charge in [0.15, 0.2) is 0 Å². The molecule has 118 valence electrons. The van der Waals surface area contributed by atoms with E-state index in [0.29, 0.717) is 12.0 Å². The highest BCUT2D eigenvalue weighted by Gasteiger charge is 2.26. The summed E-state index contributed by atoms with van der Waals surface area (Å²) in [5, 5.41) is 0. The maximum atomic E-state index is 11.6. The normalized spacial score (nSPS) is 13.8. The molecule has 0 bridgehead atoms. The third kappa shape index (κ3) is 8.29. The van der Waals surface area contributed by atoms with Gasteiger partial charge in [0, 0.05) is 12.0 Å². The molecule has 20 heavy (non-hydrogen) atoms. The average molecular weight is 308 g/mol. The molecule has 0 aromatic heterocycles. The highest BCUT2D eigenvalue weighted by Crippen LogP contribution is 2.18. The fourth-order valence-corrected chi connectivity index (χ4v) is 2.04. The summed E-state index contributed by atoms with van der Waals surface area (Å²) in [7, 11) is -4.05. The number of hydrogen-bond donors (Lipinski definition) is 0. The molecule has 6 nitrogen and oxygen atoms in total. The molecule has 0 fully saturated rings. The van der Waals surface area contributed by atoms with Gasteiger partial charge in [-0.15, -0.1) is 0 Å². The number of ether oxygens (including phenoxy) is 1. The van der Waals surface area contributed by atoms with Crippen LogP contribution < -0.4 is 0 Å². The van der Waals surface area contributed by atoms with Crippen LogP contribution in [0.25, 0.3) is 0 Å². The first-order valence-electron chi connectivity index (χ1n) is 6.45. The van der Waals surface area contributed by atoms with E-state index in [4.69, 9.17) is 13.1 Å². The third-order valence-corrected chi connectivity index (χ3v) is 3.70. The lowest BCUT2D eigenvalue weighted by Gasteiger charge is -2.22. The van der Waals surface area contributed by atoms with E-state index in [1.165, 1.54) is 6.92 Å². The summed E-state index contributed by atoms with van der Waals surface area (Å²) < 4.78 is 37.7. The Bertz CT molecular complexity index is 438. The summed E-state index contributed by atoms with van der Waals surface area (Å²) in [4.78, 5) is 11.2. The van der Waals surface area contributed by atoms with Crippen molar-refractivity contribution in [3.05, 3.63) is 12.2 Å². The molecule has 1 atom stereocenters. The van der Waals surface area contributed by atoms with E-state index in [1.807, 2.05) is 6.92 Å². The van der Waals surface area contributed by atoms with Crippen molar-refractivity contribution in [3.8, 4) is 0 Å². The van der Waals surface area contributed by atoms with Crippen LogP contribution in [0.1, 0.15) is 47.5 Å². The lowest BCUT2D eigenvalue weighted by atomic mass is 10.1. The molecule has 0 spiro atoms. The van der Waals surface area contributed by atoms with Gasteiger partial charge < -0.3 is 4.74 Å². The summed E-state index contributed by atoms with van der Waals surface area (Å²) in [6, 6.07) is 0. The molecule has 0 N–H and O–H groups in total. The van der Waals surface area contributed by atoms with Gasteiger partial charge in [-0.05, 0) is 34.1 Å². The molecule has 0 amide bonds. The molecule has 7 heteroatoms. The maximum Gasteiger partial charge on any atom is 0.400 e. The van der Waals surface area contributed by atoms with Crippen LogP contribution in [0.5, 0.6) is 0 Å². The van der Waals surface area contributed by atoms with E-state index in [0.717, 1.165) is 0 Å². The van der Waals surface area contributed by atoms with Crippen LogP contribution >= 0.6 is 0 Å². The molecule has 0 aliphatic heterocycles. The first kappa shape index (κ1) is 19.1. The van der Waals surface area contributed by atoms with Gasteiger partial charge in [0.2, 0.25) is 0 Å². The Hall–Kier alpha value is -0.920. The second-order valence-electron chi connectivity index (χ2n) is 5.21. The van der Waals surface area contributed by atoms with Gasteiger partial charge in [-0.3, -0.25) is 0 Å². The SMILES string of the molecule is C=C(C)C(=O)OC(C)CCOS(=O)(=O)OC(C)(C)CC. The van der Waals surface area contributed by atoms with Crippen molar-refractivity contribution < 1.29 is 26.3 Å². The van der Waals surface area contributed by atoms with Crippen LogP contribution in [0.2, 0.25) is 0 Å². The predicted octanol–water partition coefficient (Wildman–Crippen LogP) is 2.35. The Morgan fingerprint density at radius 3 is 2.35 bits per heavy atom. The van der Waals surface area contributed by atoms with E-state index >= 15 is 0 Å². The minimum atomic E-state index is -4.05. The van der Waals surface area contributed by atoms with E-state index < -0.39 is 28.1 Å². The Kier molecular flexibility index (Phi) is 7.40. The van der Waals surface area contributed by atoms with Crippen LogP contribution in [0.3, 0.4) is 0 Å². The van der Waals surface area contributed by atoms with Crippen LogP contribution in [-0.4, -0.2) is 32.7 Å². The Morgan fingerprint density at radius 2 is 1.90 bits per heavy atom. The van der Waals surface area contributed by atoms with Gasteiger partial charge in [0.1, 0.15) is 6.10 Å². The second kappa shape index (κ2) is 7.75. The van der Waals surface area contributed by atoms with Crippen LogP contribution in [0.15, 0.2) is 12.2 Å². The Balaban J connectivity index is 4.17. The minimum absolute atomic E-state index is 0.118. The molecule has 0 rings (SSSR count). The van der Waals surface area contributed by atoms with Crippen molar-refractivity contribution in [1.82, 2.24) is 0 Å². The minimum Gasteiger partial charge on any atom is -0.459 e.